The van der Waals surface area contributed by atoms with Gasteiger partial charge in [-0.3, -0.25) is 4.79 Å². The summed E-state index contributed by atoms with van der Waals surface area (Å²) in [6, 6.07) is 0.382. The van der Waals surface area contributed by atoms with Gasteiger partial charge < -0.3 is 15.0 Å². The van der Waals surface area contributed by atoms with Crippen LogP contribution in [0.2, 0.25) is 0 Å². The summed E-state index contributed by atoms with van der Waals surface area (Å²) >= 11 is 0. The van der Waals surface area contributed by atoms with E-state index in [4.69, 9.17) is 4.74 Å². The normalized spacial score (nSPS) is 28.7. The van der Waals surface area contributed by atoms with Crippen molar-refractivity contribution in [3.63, 3.8) is 0 Å². The van der Waals surface area contributed by atoms with Gasteiger partial charge in [0.15, 0.2) is 0 Å². The van der Waals surface area contributed by atoms with Crippen molar-refractivity contribution in [1.82, 2.24) is 10.2 Å². The Morgan fingerprint density at radius 1 is 1.69 bits per heavy atom. The first kappa shape index (κ1) is 8.56. The maximum atomic E-state index is 11.0. The molecule has 1 N–H and O–H groups in total. The van der Waals surface area contributed by atoms with Crippen molar-refractivity contribution in [3.05, 3.63) is 11.8 Å². The molecule has 0 aliphatic carbocycles. The number of hydrogen-bond acceptors (Lipinski definition) is 3. The summed E-state index contributed by atoms with van der Waals surface area (Å²) < 4.78 is 5.32. The molecule has 2 rings (SSSR count). The van der Waals surface area contributed by atoms with Crippen molar-refractivity contribution in [2.24, 2.45) is 0 Å². The Hall–Kier alpha value is -1.03. The molecular weight excluding hydrogens is 168 g/mol. The van der Waals surface area contributed by atoms with E-state index in [2.05, 4.69) is 17.1 Å². The van der Waals surface area contributed by atoms with E-state index in [1.54, 1.807) is 6.08 Å². The summed E-state index contributed by atoms with van der Waals surface area (Å²) in [5.74, 6) is 0.0219. The van der Waals surface area contributed by atoms with Gasteiger partial charge in [-0.2, -0.15) is 0 Å². The van der Waals surface area contributed by atoms with Crippen LogP contribution in [0, 0.1) is 0 Å². The molecule has 4 nitrogen and oxygen atoms in total. The first-order valence-corrected chi connectivity index (χ1v) is 4.60. The molecule has 1 fully saturated rings. The topological polar surface area (TPSA) is 41.6 Å². The molecule has 1 atom stereocenters. The number of nitrogens with zero attached hydrogens (tertiary/aromatic N) is 1. The van der Waals surface area contributed by atoms with Crippen molar-refractivity contribution in [2.75, 3.05) is 26.3 Å². The Morgan fingerprint density at radius 2 is 2.54 bits per heavy atom. The highest BCUT2D eigenvalue weighted by Crippen LogP contribution is 2.15. The Labute approximate surface area is 77.5 Å². The van der Waals surface area contributed by atoms with Gasteiger partial charge in [0.1, 0.15) is 0 Å². The minimum atomic E-state index is 0.0219. The maximum Gasteiger partial charge on any atom is 0.246 e. The van der Waals surface area contributed by atoms with Crippen LogP contribution < -0.4 is 5.32 Å². The molecule has 2 heterocycles. The molecule has 0 bridgehead atoms. The number of rotatable bonds is 1. The van der Waals surface area contributed by atoms with E-state index in [0.29, 0.717) is 12.6 Å². The molecule has 2 aliphatic rings. The van der Waals surface area contributed by atoms with Crippen molar-refractivity contribution >= 4 is 5.91 Å². The summed E-state index contributed by atoms with van der Waals surface area (Å²) in [5.41, 5.74) is 1.10. The van der Waals surface area contributed by atoms with E-state index >= 15 is 0 Å². The van der Waals surface area contributed by atoms with Gasteiger partial charge in [-0.05, 0) is 6.92 Å². The van der Waals surface area contributed by atoms with E-state index < -0.39 is 0 Å². The number of nitrogens with one attached hydrogen (secondary N) is 1. The summed E-state index contributed by atoms with van der Waals surface area (Å²) in [6.07, 6.45) is 1.68. The number of amides is 1. The first-order chi connectivity index (χ1) is 6.27. The summed E-state index contributed by atoms with van der Waals surface area (Å²) in [5, 5.41) is 2.77. The number of morpholine rings is 1. The van der Waals surface area contributed by atoms with E-state index in [-0.39, 0.29) is 5.91 Å². The average molecular weight is 182 g/mol. The highest BCUT2D eigenvalue weighted by atomic mass is 16.5. The van der Waals surface area contributed by atoms with Crippen molar-refractivity contribution < 1.29 is 9.53 Å². The van der Waals surface area contributed by atoms with Gasteiger partial charge in [0, 0.05) is 24.4 Å². The van der Waals surface area contributed by atoms with Crippen LogP contribution in [0.5, 0.6) is 0 Å². The largest absolute Gasteiger partial charge is 0.377 e. The Balaban J connectivity index is 2.06. The quantitative estimate of drug-likeness (QED) is 0.606. The van der Waals surface area contributed by atoms with Crippen LogP contribution in [-0.4, -0.2) is 43.2 Å². The Morgan fingerprint density at radius 3 is 3.15 bits per heavy atom. The van der Waals surface area contributed by atoms with Gasteiger partial charge in [0.25, 0.3) is 0 Å². The fourth-order valence-electron chi connectivity index (χ4n) is 1.77. The van der Waals surface area contributed by atoms with Gasteiger partial charge >= 0.3 is 0 Å². The highest BCUT2D eigenvalue weighted by molar-refractivity contribution is 5.90. The lowest BCUT2D eigenvalue weighted by Gasteiger charge is -2.35. The van der Waals surface area contributed by atoms with Crippen molar-refractivity contribution in [1.29, 1.82) is 0 Å². The maximum absolute atomic E-state index is 11.0. The number of carbonyl (C=O) groups excluding carboxylic acids is 1. The van der Waals surface area contributed by atoms with Gasteiger partial charge in [-0.1, -0.05) is 0 Å². The second kappa shape index (κ2) is 3.38. The Bertz CT molecular complexity index is 250. The Kier molecular flexibility index (Phi) is 2.22. The monoisotopic (exact) mass is 182 g/mol. The van der Waals surface area contributed by atoms with Crippen LogP contribution in [0.3, 0.4) is 0 Å². The van der Waals surface area contributed by atoms with E-state index in [9.17, 15) is 4.79 Å². The second-order valence-electron chi connectivity index (χ2n) is 3.47. The second-order valence-corrected chi connectivity index (χ2v) is 3.47. The number of hydrogen-bond donors (Lipinski definition) is 1. The summed E-state index contributed by atoms with van der Waals surface area (Å²) in [6.45, 7) is 5.19. The minimum Gasteiger partial charge on any atom is -0.377 e. The zero-order valence-electron chi connectivity index (χ0n) is 7.75. The van der Waals surface area contributed by atoms with Gasteiger partial charge in [0.2, 0.25) is 5.91 Å². The molecule has 4 heteroatoms. The standard InChI is InChI=1S/C9H14N2O2/c1-7-6-13-3-2-11(7)8-4-9(12)10-5-8/h4,7H,2-3,5-6H2,1H3,(H,10,12). The van der Waals surface area contributed by atoms with Crippen LogP contribution in [0.25, 0.3) is 0 Å². The molecule has 0 radical (unpaired) electrons. The lowest BCUT2D eigenvalue weighted by atomic mass is 10.2. The molecule has 1 amide bonds. The lowest BCUT2D eigenvalue weighted by molar-refractivity contribution is -0.115. The SMILES string of the molecule is CC1COCCN1C1=CC(=O)NC1. The third-order valence-corrected chi connectivity index (χ3v) is 2.48. The van der Waals surface area contributed by atoms with Crippen molar-refractivity contribution in [3.8, 4) is 0 Å². The molecular formula is C9H14N2O2. The third kappa shape index (κ3) is 1.67. The van der Waals surface area contributed by atoms with Gasteiger partial charge in [0.05, 0.1) is 19.8 Å². The van der Waals surface area contributed by atoms with Crippen LogP contribution in [0.4, 0.5) is 0 Å². The predicted octanol–water partition coefficient (Wildman–Crippen LogP) is -0.279. The molecule has 0 aromatic heterocycles. The fourth-order valence-corrected chi connectivity index (χ4v) is 1.77. The smallest absolute Gasteiger partial charge is 0.246 e. The van der Waals surface area contributed by atoms with Crippen LogP contribution in [0.15, 0.2) is 11.8 Å². The van der Waals surface area contributed by atoms with E-state index in [1.165, 1.54) is 0 Å². The highest BCUT2D eigenvalue weighted by Gasteiger charge is 2.24. The molecule has 1 saturated heterocycles. The minimum absolute atomic E-state index is 0.0219. The van der Waals surface area contributed by atoms with Crippen LogP contribution in [-0.2, 0) is 9.53 Å². The molecule has 13 heavy (non-hydrogen) atoms. The van der Waals surface area contributed by atoms with Crippen LogP contribution in [0.1, 0.15) is 6.92 Å². The number of ether oxygens (including phenoxy) is 1. The molecule has 72 valence electrons. The fraction of sp³-hybridized carbons (Fsp3) is 0.667. The van der Waals surface area contributed by atoms with Gasteiger partial charge in [-0.25, -0.2) is 0 Å². The molecule has 0 spiro atoms. The summed E-state index contributed by atoms with van der Waals surface area (Å²) in [4.78, 5) is 13.2. The van der Waals surface area contributed by atoms with E-state index in [1.807, 2.05) is 0 Å². The zero-order chi connectivity index (χ0) is 9.26. The molecule has 0 aromatic carbocycles. The molecule has 0 saturated carbocycles. The summed E-state index contributed by atoms with van der Waals surface area (Å²) in [7, 11) is 0. The first-order valence-electron chi connectivity index (χ1n) is 4.60. The zero-order valence-corrected chi connectivity index (χ0v) is 7.75. The third-order valence-electron chi connectivity index (χ3n) is 2.48. The molecule has 0 aromatic rings. The number of carbonyl (C=O) groups is 1. The van der Waals surface area contributed by atoms with Gasteiger partial charge in [-0.15, -0.1) is 0 Å². The van der Waals surface area contributed by atoms with Crippen molar-refractivity contribution in [2.45, 2.75) is 13.0 Å². The van der Waals surface area contributed by atoms with Crippen LogP contribution >= 0.6 is 0 Å². The lowest BCUT2D eigenvalue weighted by Crippen LogP contribution is -2.43. The van der Waals surface area contributed by atoms with E-state index in [0.717, 1.165) is 25.5 Å². The molecule has 1 unspecified atom stereocenters. The molecule has 2 aliphatic heterocycles. The predicted molar refractivity (Wildman–Crippen MR) is 48.1 cm³/mol. The average Bonchev–Trinajstić information content (AvgIpc) is 2.53.